The lowest BCUT2D eigenvalue weighted by Crippen LogP contribution is -2.00. The number of benzene rings is 1. The van der Waals surface area contributed by atoms with Gasteiger partial charge in [0.2, 0.25) is 0 Å². The summed E-state index contributed by atoms with van der Waals surface area (Å²) in [4.78, 5) is 0. The smallest absolute Gasteiger partial charge is 0.0650 e. The number of nitrogen functional groups attached to an aromatic ring is 1. The molecule has 0 bridgehead atoms. The van der Waals surface area contributed by atoms with E-state index in [1.54, 1.807) is 0 Å². The molecule has 3 heteroatoms. The summed E-state index contributed by atoms with van der Waals surface area (Å²) in [6.45, 7) is 2.12. The maximum atomic E-state index is 5.62. The molecule has 3 nitrogen and oxygen atoms in total. The summed E-state index contributed by atoms with van der Waals surface area (Å²) in [5.41, 5.74) is 8.66. The average Bonchev–Trinajstić information content (AvgIpc) is 2.67. The van der Waals surface area contributed by atoms with E-state index in [9.17, 15) is 0 Å². The van der Waals surface area contributed by atoms with E-state index >= 15 is 0 Å². The first-order valence-corrected chi connectivity index (χ1v) is 4.70. The molecule has 0 atom stereocenters. The van der Waals surface area contributed by atoms with E-state index in [0.717, 1.165) is 17.8 Å². The van der Waals surface area contributed by atoms with Crippen LogP contribution in [0.2, 0.25) is 0 Å². The van der Waals surface area contributed by atoms with Crippen LogP contribution in [0.15, 0.2) is 36.5 Å². The van der Waals surface area contributed by atoms with Crippen LogP contribution < -0.4 is 5.73 Å². The van der Waals surface area contributed by atoms with Crippen LogP contribution in [0.25, 0.3) is 5.69 Å². The first-order chi connectivity index (χ1) is 6.81. The second-order valence-corrected chi connectivity index (χ2v) is 3.18. The lowest BCUT2D eigenvalue weighted by molar-refractivity contribution is 0.814. The van der Waals surface area contributed by atoms with Gasteiger partial charge in [-0.25, -0.2) is 4.68 Å². The van der Waals surface area contributed by atoms with Crippen LogP contribution in [-0.4, -0.2) is 9.78 Å². The number of aryl methyl sites for hydroxylation is 1. The minimum Gasteiger partial charge on any atom is -0.399 e. The van der Waals surface area contributed by atoms with Gasteiger partial charge in [-0.3, -0.25) is 0 Å². The first-order valence-electron chi connectivity index (χ1n) is 4.70. The maximum Gasteiger partial charge on any atom is 0.0650 e. The Hall–Kier alpha value is -1.77. The molecule has 0 saturated heterocycles. The number of aromatic nitrogens is 2. The van der Waals surface area contributed by atoms with E-state index < -0.39 is 0 Å². The predicted octanol–water partition coefficient (Wildman–Crippen LogP) is 2.02. The summed E-state index contributed by atoms with van der Waals surface area (Å²) in [5.74, 6) is 0. The monoisotopic (exact) mass is 187 g/mol. The highest BCUT2D eigenvalue weighted by molar-refractivity contribution is 5.45. The van der Waals surface area contributed by atoms with Crippen molar-refractivity contribution in [3.63, 3.8) is 0 Å². The Bertz CT molecular complexity index is 414. The van der Waals surface area contributed by atoms with E-state index in [-0.39, 0.29) is 0 Å². The number of hydrogen-bond donors (Lipinski definition) is 1. The largest absolute Gasteiger partial charge is 0.399 e. The lowest BCUT2D eigenvalue weighted by Gasteiger charge is -2.05. The predicted molar refractivity (Wildman–Crippen MR) is 57.4 cm³/mol. The molecular formula is C11H13N3. The van der Waals surface area contributed by atoms with Gasteiger partial charge in [0.1, 0.15) is 0 Å². The van der Waals surface area contributed by atoms with Gasteiger partial charge in [0, 0.05) is 17.6 Å². The quantitative estimate of drug-likeness (QED) is 0.731. The molecule has 0 amide bonds. The van der Waals surface area contributed by atoms with Crippen LogP contribution in [0.5, 0.6) is 0 Å². The van der Waals surface area contributed by atoms with Crippen molar-refractivity contribution >= 4 is 5.69 Å². The number of rotatable bonds is 2. The van der Waals surface area contributed by atoms with E-state index in [0.29, 0.717) is 0 Å². The number of anilines is 1. The molecule has 2 rings (SSSR count). The molecule has 0 aliphatic carbocycles. The van der Waals surface area contributed by atoms with Crippen molar-refractivity contribution in [2.24, 2.45) is 0 Å². The Morgan fingerprint density at radius 3 is 2.57 bits per heavy atom. The van der Waals surface area contributed by atoms with Crippen molar-refractivity contribution in [3.05, 3.63) is 42.2 Å². The molecule has 1 aromatic carbocycles. The fourth-order valence-corrected chi connectivity index (χ4v) is 1.45. The van der Waals surface area contributed by atoms with Gasteiger partial charge in [0.15, 0.2) is 0 Å². The Balaban J connectivity index is 2.44. The summed E-state index contributed by atoms with van der Waals surface area (Å²) in [6.07, 6.45) is 2.79. The van der Waals surface area contributed by atoms with E-state index in [4.69, 9.17) is 5.73 Å². The molecule has 0 spiro atoms. The molecule has 1 heterocycles. The zero-order chi connectivity index (χ0) is 9.97. The van der Waals surface area contributed by atoms with E-state index in [1.807, 2.05) is 41.2 Å². The molecule has 0 fully saturated rings. The Labute approximate surface area is 83.2 Å². The van der Waals surface area contributed by atoms with Crippen molar-refractivity contribution in [3.8, 4) is 5.69 Å². The summed E-state index contributed by atoms with van der Waals surface area (Å²) >= 11 is 0. The standard InChI is InChI=1S/C11H13N3/c1-2-10-7-8-13-14(10)11-5-3-9(12)4-6-11/h3-8H,2,12H2,1H3. The molecule has 72 valence electrons. The number of nitrogens with zero attached hydrogens (tertiary/aromatic N) is 2. The van der Waals surface area contributed by atoms with Crippen molar-refractivity contribution in [2.75, 3.05) is 5.73 Å². The topological polar surface area (TPSA) is 43.8 Å². The van der Waals surface area contributed by atoms with Gasteiger partial charge in [-0.2, -0.15) is 5.10 Å². The molecule has 0 radical (unpaired) electrons. The van der Waals surface area contributed by atoms with Gasteiger partial charge in [0.25, 0.3) is 0 Å². The van der Waals surface area contributed by atoms with E-state index in [2.05, 4.69) is 12.0 Å². The molecule has 0 aliphatic rings. The van der Waals surface area contributed by atoms with E-state index in [1.165, 1.54) is 5.69 Å². The first kappa shape index (κ1) is 8.81. The zero-order valence-corrected chi connectivity index (χ0v) is 8.14. The Kier molecular flexibility index (Phi) is 2.23. The number of nitrogens with two attached hydrogens (primary N) is 1. The third kappa shape index (κ3) is 1.48. The molecule has 0 unspecified atom stereocenters. The van der Waals surface area contributed by atoms with Gasteiger partial charge in [-0.05, 0) is 36.8 Å². The van der Waals surface area contributed by atoms with Crippen LogP contribution in [0, 0.1) is 0 Å². The third-order valence-electron chi connectivity index (χ3n) is 2.22. The second-order valence-electron chi connectivity index (χ2n) is 3.18. The van der Waals surface area contributed by atoms with Crippen molar-refractivity contribution in [1.29, 1.82) is 0 Å². The molecule has 14 heavy (non-hydrogen) atoms. The minimum absolute atomic E-state index is 0.777. The van der Waals surface area contributed by atoms with Crippen LogP contribution >= 0.6 is 0 Å². The Morgan fingerprint density at radius 2 is 1.93 bits per heavy atom. The van der Waals surface area contributed by atoms with Crippen molar-refractivity contribution in [1.82, 2.24) is 9.78 Å². The molecular weight excluding hydrogens is 174 g/mol. The van der Waals surface area contributed by atoms with Crippen molar-refractivity contribution < 1.29 is 0 Å². The molecule has 1 aromatic heterocycles. The summed E-state index contributed by atoms with van der Waals surface area (Å²) in [7, 11) is 0. The van der Waals surface area contributed by atoms with Gasteiger partial charge >= 0.3 is 0 Å². The molecule has 2 N–H and O–H groups in total. The second kappa shape index (κ2) is 3.54. The van der Waals surface area contributed by atoms with Crippen molar-refractivity contribution in [2.45, 2.75) is 13.3 Å². The zero-order valence-electron chi connectivity index (χ0n) is 8.14. The molecule has 2 aromatic rings. The van der Waals surface area contributed by atoms with Crippen LogP contribution in [0.3, 0.4) is 0 Å². The highest BCUT2D eigenvalue weighted by atomic mass is 15.3. The number of hydrogen-bond acceptors (Lipinski definition) is 2. The third-order valence-corrected chi connectivity index (χ3v) is 2.22. The Morgan fingerprint density at radius 1 is 1.21 bits per heavy atom. The van der Waals surface area contributed by atoms with Crippen LogP contribution in [0.1, 0.15) is 12.6 Å². The van der Waals surface area contributed by atoms with Crippen LogP contribution in [0.4, 0.5) is 5.69 Å². The van der Waals surface area contributed by atoms with Gasteiger partial charge in [0.05, 0.1) is 5.69 Å². The van der Waals surface area contributed by atoms with Gasteiger partial charge in [-0.1, -0.05) is 6.92 Å². The van der Waals surface area contributed by atoms with Gasteiger partial charge in [-0.15, -0.1) is 0 Å². The SMILES string of the molecule is CCc1ccnn1-c1ccc(N)cc1. The van der Waals surface area contributed by atoms with Crippen LogP contribution in [-0.2, 0) is 6.42 Å². The van der Waals surface area contributed by atoms with Gasteiger partial charge < -0.3 is 5.73 Å². The molecule has 0 aliphatic heterocycles. The minimum atomic E-state index is 0.777. The average molecular weight is 187 g/mol. The summed E-state index contributed by atoms with van der Waals surface area (Å²) in [5, 5.41) is 4.26. The highest BCUT2D eigenvalue weighted by Gasteiger charge is 2.01. The lowest BCUT2D eigenvalue weighted by atomic mass is 10.2. The molecule has 0 saturated carbocycles. The highest BCUT2D eigenvalue weighted by Crippen LogP contribution is 2.12. The summed E-state index contributed by atoms with van der Waals surface area (Å²) < 4.78 is 1.93. The normalized spacial score (nSPS) is 10.4. The fraction of sp³-hybridized carbons (Fsp3) is 0.182. The summed E-state index contributed by atoms with van der Waals surface area (Å²) in [6, 6.07) is 9.74. The maximum absolute atomic E-state index is 5.62. The fourth-order valence-electron chi connectivity index (χ4n) is 1.45.